The number of nitrogens with zero attached hydrogens (tertiary/aromatic N) is 12. The second kappa shape index (κ2) is 19.7. The van der Waals surface area contributed by atoms with Gasteiger partial charge in [-0.05, 0) is 77.9 Å². The standard InChI is InChI=1S/C65H30N12/c1-71-49-28-48(38-70)61(57(33-49)73-3)43-23-25-59-53(30-43)52-29-42(60-47(37-69)26-39(34-66)27-56(60)72-2)22-24-58(52)77(59)62-54(50-20-12-10-18-44(50)35-67)31-46(32-55(62)51-21-13-11-19-45(51)36-68)65-75-63(40-14-6-4-7-15-40)74-64(76-65)41-16-8-5-9-17-41/h4-33H. The predicted molar refractivity (Wildman–Crippen MR) is 295 cm³/mol. The maximum absolute atomic E-state index is 10.9. The lowest BCUT2D eigenvalue weighted by atomic mass is 9.89. The molecule has 0 saturated carbocycles. The van der Waals surface area contributed by atoms with Gasteiger partial charge in [0.05, 0.1) is 83.5 Å². The lowest BCUT2D eigenvalue weighted by molar-refractivity contribution is 1.07. The van der Waals surface area contributed by atoms with Crippen molar-refractivity contribution < 1.29 is 0 Å². The molecule has 0 atom stereocenters. The molecule has 11 aromatic rings. The molecule has 0 aliphatic carbocycles. The highest BCUT2D eigenvalue weighted by Crippen LogP contribution is 2.48. The summed E-state index contributed by atoms with van der Waals surface area (Å²) in [6.07, 6.45) is 0. The van der Waals surface area contributed by atoms with E-state index in [2.05, 4.69) is 49.4 Å². The first-order chi connectivity index (χ1) is 37.8. The van der Waals surface area contributed by atoms with E-state index in [1.807, 2.05) is 133 Å². The summed E-state index contributed by atoms with van der Waals surface area (Å²) in [6, 6.07) is 65.8. The fourth-order valence-corrected chi connectivity index (χ4v) is 9.89. The number of hydrogen-bond donors (Lipinski definition) is 0. The molecule has 9 aromatic carbocycles. The Bertz CT molecular complexity index is 4310. The SMILES string of the molecule is [C-]#[N+]c1cc(C#N)c(-c2ccc3c(c2)c2cc(-c4c(C#N)cc(C#N)cc4[N+]#[C-])ccc2n3-c2c(-c3ccccc3C#N)cc(-c3nc(-c4ccccc4)nc(-c4ccccc4)n3)cc2-c2ccccc2C#N)c([N+]#[C-])c1. The van der Waals surface area contributed by atoms with Gasteiger partial charge in [0.2, 0.25) is 0 Å². The highest BCUT2D eigenvalue weighted by atomic mass is 15.0. The molecule has 0 spiro atoms. The lowest BCUT2D eigenvalue weighted by Crippen LogP contribution is -2.05. The maximum Gasteiger partial charge on any atom is 0.197 e. The largest absolute Gasteiger partial charge is 0.308 e. The van der Waals surface area contributed by atoms with Crippen molar-refractivity contribution in [3.8, 4) is 115 Å². The van der Waals surface area contributed by atoms with Gasteiger partial charge in [-0.3, -0.25) is 0 Å². The number of benzene rings is 9. The van der Waals surface area contributed by atoms with Crippen molar-refractivity contribution in [3.05, 3.63) is 244 Å². The average Bonchev–Trinajstić information content (AvgIpc) is 3.87. The molecule has 0 amide bonds. The van der Waals surface area contributed by atoms with Crippen LogP contribution in [-0.2, 0) is 0 Å². The summed E-state index contributed by atoms with van der Waals surface area (Å²) < 4.78 is 2.05. The topological polar surface area (TPSA) is 176 Å². The Morgan fingerprint density at radius 1 is 0.364 bits per heavy atom. The van der Waals surface area contributed by atoms with Gasteiger partial charge in [-0.2, -0.15) is 26.3 Å². The van der Waals surface area contributed by atoms with Gasteiger partial charge in [0.25, 0.3) is 0 Å². The van der Waals surface area contributed by atoms with E-state index < -0.39 is 0 Å². The van der Waals surface area contributed by atoms with Crippen molar-refractivity contribution in [2.24, 2.45) is 0 Å². The smallest absolute Gasteiger partial charge is 0.197 e. The van der Waals surface area contributed by atoms with Crippen molar-refractivity contribution in [2.75, 3.05) is 0 Å². The van der Waals surface area contributed by atoms with Crippen LogP contribution >= 0.6 is 0 Å². The van der Waals surface area contributed by atoms with Crippen LogP contribution in [0.4, 0.5) is 17.1 Å². The minimum Gasteiger partial charge on any atom is -0.308 e. The Balaban J connectivity index is 1.31. The quantitative estimate of drug-likeness (QED) is 0.135. The van der Waals surface area contributed by atoms with E-state index in [0.717, 1.165) is 11.1 Å². The van der Waals surface area contributed by atoms with Crippen LogP contribution in [-0.4, -0.2) is 19.5 Å². The van der Waals surface area contributed by atoms with E-state index in [4.69, 9.17) is 34.7 Å². The van der Waals surface area contributed by atoms with Crippen LogP contribution in [0.2, 0.25) is 0 Å². The predicted octanol–water partition coefficient (Wildman–Crippen LogP) is 15.6. The molecule has 77 heavy (non-hydrogen) atoms. The summed E-state index contributed by atoms with van der Waals surface area (Å²) in [4.78, 5) is 26.2. The van der Waals surface area contributed by atoms with Gasteiger partial charge >= 0.3 is 0 Å². The van der Waals surface area contributed by atoms with Crippen LogP contribution in [0.15, 0.2) is 182 Å². The van der Waals surface area contributed by atoms with Gasteiger partial charge in [0.1, 0.15) is 0 Å². The fraction of sp³-hybridized carbons (Fsp3) is 0. The highest BCUT2D eigenvalue weighted by molar-refractivity contribution is 6.14. The average molecular weight is 979 g/mol. The highest BCUT2D eigenvalue weighted by Gasteiger charge is 2.27. The van der Waals surface area contributed by atoms with E-state index in [1.165, 1.54) is 24.3 Å². The summed E-state index contributed by atoms with van der Waals surface area (Å²) in [6.45, 7) is 24.0. The summed E-state index contributed by atoms with van der Waals surface area (Å²) in [5.41, 5.74) is 9.36. The molecule has 0 radical (unpaired) electrons. The van der Waals surface area contributed by atoms with Crippen LogP contribution in [0.3, 0.4) is 0 Å². The Labute approximate surface area is 441 Å². The molecule has 0 aliphatic heterocycles. The third-order valence-electron chi connectivity index (χ3n) is 13.3. The number of fused-ring (bicyclic) bond motifs is 3. The summed E-state index contributed by atoms with van der Waals surface area (Å²) >= 11 is 0. The Morgan fingerprint density at radius 2 is 0.805 bits per heavy atom. The molecule has 2 aromatic heterocycles. The summed E-state index contributed by atoms with van der Waals surface area (Å²) in [7, 11) is 0. The molecule has 12 heteroatoms. The van der Waals surface area contributed by atoms with Crippen LogP contribution in [0, 0.1) is 76.4 Å². The van der Waals surface area contributed by atoms with Gasteiger partial charge in [-0.25, -0.2) is 29.5 Å². The Morgan fingerprint density at radius 3 is 1.26 bits per heavy atom. The van der Waals surface area contributed by atoms with E-state index >= 15 is 0 Å². The molecular formula is C65H30N12. The molecule has 0 saturated heterocycles. The number of nitriles is 5. The molecule has 0 unspecified atom stereocenters. The fourth-order valence-electron chi connectivity index (χ4n) is 9.89. The maximum atomic E-state index is 10.9. The first-order valence-electron chi connectivity index (χ1n) is 23.6. The first-order valence-corrected chi connectivity index (χ1v) is 23.6. The van der Waals surface area contributed by atoms with Crippen molar-refractivity contribution in [1.82, 2.24) is 19.5 Å². The van der Waals surface area contributed by atoms with Crippen molar-refractivity contribution in [2.45, 2.75) is 0 Å². The monoisotopic (exact) mass is 978 g/mol. The zero-order valence-corrected chi connectivity index (χ0v) is 40.2. The van der Waals surface area contributed by atoms with Crippen molar-refractivity contribution in [1.29, 1.82) is 26.3 Å². The second-order valence-electron chi connectivity index (χ2n) is 17.5. The van der Waals surface area contributed by atoms with Gasteiger partial charge in [-0.1, -0.05) is 115 Å². The molecule has 2 heterocycles. The molecule has 12 nitrogen and oxygen atoms in total. The molecule has 350 valence electrons. The van der Waals surface area contributed by atoms with E-state index in [9.17, 15) is 26.3 Å². The second-order valence-corrected chi connectivity index (χ2v) is 17.5. The summed E-state index contributed by atoms with van der Waals surface area (Å²) in [5.74, 6) is 1.18. The zero-order valence-electron chi connectivity index (χ0n) is 40.2. The molecule has 0 N–H and O–H groups in total. The number of hydrogen-bond acceptors (Lipinski definition) is 8. The lowest BCUT2D eigenvalue weighted by Gasteiger charge is -2.22. The van der Waals surface area contributed by atoms with E-state index in [-0.39, 0.29) is 33.8 Å². The molecule has 0 bridgehead atoms. The summed E-state index contributed by atoms with van der Waals surface area (Å²) in [5, 5.41) is 53.8. The van der Waals surface area contributed by atoms with Crippen molar-refractivity contribution in [3.63, 3.8) is 0 Å². The number of rotatable bonds is 8. The molecule has 0 fully saturated rings. The first kappa shape index (κ1) is 47.1. The van der Waals surface area contributed by atoms with Crippen molar-refractivity contribution >= 4 is 38.9 Å². The Kier molecular flexibility index (Phi) is 12.1. The molecule has 0 aliphatic rings. The van der Waals surface area contributed by atoms with E-state index in [1.54, 1.807) is 24.3 Å². The molecular weight excluding hydrogens is 949 g/mol. The third kappa shape index (κ3) is 8.23. The van der Waals surface area contributed by atoms with Gasteiger partial charge in [0.15, 0.2) is 34.5 Å². The normalized spacial score (nSPS) is 10.5. The Hall–Kier alpha value is -12.3. The van der Waals surface area contributed by atoms with Crippen LogP contribution < -0.4 is 0 Å². The van der Waals surface area contributed by atoms with E-state index in [0.29, 0.717) is 106 Å². The minimum atomic E-state index is 0.107. The zero-order chi connectivity index (χ0) is 53.2. The van der Waals surface area contributed by atoms with Gasteiger partial charge in [0, 0.05) is 72.0 Å². The van der Waals surface area contributed by atoms with Crippen LogP contribution in [0.25, 0.3) is 121 Å². The minimum absolute atomic E-state index is 0.107. The van der Waals surface area contributed by atoms with Gasteiger partial charge in [-0.15, -0.1) is 0 Å². The van der Waals surface area contributed by atoms with Crippen LogP contribution in [0.5, 0.6) is 0 Å². The molecule has 11 rings (SSSR count). The number of aromatic nitrogens is 4. The third-order valence-corrected chi connectivity index (χ3v) is 13.3. The van der Waals surface area contributed by atoms with Gasteiger partial charge < -0.3 is 4.57 Å². The van der Waals surface area contributed by atoms with Crippen LogP contribution in [0.1, 0.15) is 27.8 Å².